The van der Waals surface area contributed by atoms with E-state index in [4.69, 9.17) is 10.5 Å². The fraction of sp³-hybridized carbons (Fsp3) is 0.769. The molecule has 19 heavy (non-hydrogen) atoms. The van der Waals surface area contributed by atoms with Gasteiger partial charge in [-0.3, -0.25) is 19.3 Å². The smallest absolute Gasteiger partial charge is 0.319 e. The number of esters is 1. The minimum atomic E-state index is -1.15. The molecule has 1 aliphatic rings. The molecule has 0 bridgehead atoms. The Bertz CT molecular complexity index is 379. The van der Waals surface area contributed by atoms with E-state index in [0.29, 0.717) is 19.5 Å². The third-order valence-corrected chi connectivity index (χ3v) is 3.52. The van der Waals surface area contributed by atoms with E-state index >= 15 is 0 Å². The molecule has 6 nitrogen and oxygen atoms in total. The number of hydrogen-bond acceptors (Lipinski definition) is 5. The van der Waals surface area contributed by atoms with Gasteiger partial charge < -0.3 is 10.5 Å². The van der Waals surface area contributed by atoms with Gasteiger partial charge in [0, 0.05) is 6.54 Å². The first-order valence-corrected chi connectivity index (χ1v) is 6.51. The van der Waals surface area contributed by atoms with E-state index in [0.717, 1.165) is 0 Å². The summed E-state index contributed by atoms with van der Waals surface area (Å²) in [4.78, 5) is 36.8. The van der Waals surface area contributed by atoms with Crippen molar-refractivity contribution in [2.24, 2.45) is 17.1 Å². The second-order valence-electron chi connectivity index (χ2n) is 5.39. The molecule has 1 unspecified atom stereocenters. The second kappa shape index (κ2) is 6.14. The normalized spacial score (nSPS) is 20.3. The van der Waals surface area contributed by atoms with Gasteiger partial charge >= 0.3 is 5.97 Å². The molecule has 2 N–H and O–H groups in total. The Hall–Kier alpha value is -1.43. The van der Waals surface area contributed by atoms with Gasteiger partial charge in [0.25, 0.3) is 0 Å². The number of nitrogens with two attached hydrogens (primary N) is 1. The number of Topliss-reactive ketones (excluding diaryl/α,β-unsaturated/α-hetero) is 1. The van der Waals surface area contributed by atoms with Crippen molar-refractivity contribution in [3.8, 4) is 0 Å². The zero-order chi connectivity index (χ0) is 14.6. The first-order valence-electron chi connectivity index (χ1n) is 6.51. The molecule has 0 aliphatic carbocycles. The van der Waals surface area contributed by atoms with Crippen molar-refractivity contribution in [3.05, 3.63) is 0 Å². The van der Waals surface area contributed by atoms with Crippen LogP contribution >= 0.6 is 0 Å². The van der Waals surface area contributed by atoms with E-state index in [2.05, 4.69) is 0 Å². The Morgan fingerprint density at radius 2 is 2.00 bits per heavy atom. The summed E-state index contributed by atoms with van der Waals surface area (Å²) in [5.41, 5.74) is 4.09. The van der Waals surface area contributed by atoms with Crippen LogP contribution in [0.5, 0.6) is 0 Å². The van der Waals surface area contributed by atoms with Crippen LogP contribution in [-0.2, 0) is 19.1 Å². The predicted octanol–water partition coefficient (Wildman–Crippen LogP) is -0.0480. The van der Waals surface area contributed by atoms with Crippen LogP contribution < -0.4 is 5.73 Å². The topological polar surface area (TPSA) is 89.7 Å². The predicted molar refractivity (Wildman–Crippen MR) is 69.2 cm³/mol. The van der Waals surface area contributed by atoms with Gasteiger partial charge in [-0.1, -0.05) is 0 Å². The Balaban J connectivity index is 2.56. The first-order chi connectivity index (χ1) is 8.78. The summed E-state index contributed by atoms with van der Waals surface area (Å²) in [6, 6.07) is 0. The molecule has 0 spiro atoms. The number of nitrogens with zero attached hydrogens (tertiary/aromatic N) is 1. The largest absolute Gasteiger partial charge is 0.465 e. The van der Waals surface area contributed by atoms with Gasteiger partial charge in [0.1, 0.15) is 5.41 Å². The standard InChI is InChI=1S/C13H22N2O4/c1-4-19-12(18)13(2,3)10(16)8-15-6-5-9(7-15)11(14)17/h9H,4-8H2,1-3H3,(H2,14,17). The number of amides is 1. The average molecular weight is 270 g/mol. The number of ether oxygens (including phenoxy) is 1. The first kappa shape index (κ1) is 15.6. The Labute approximate surface area is 113 Å². The summed E-state index contributed by atoms with van der Waals surface area (Å²) in [5, 5.41) is 0. The summed E-state index contributed by atoms with van der Waals surface area (Å²) in [6.07, 6.45) is 0.669. The molecule has 108 valence electrons. The molecule has 1 heterocycles. The van der Waals surface area contributed by atoms with Gasteiger partial charge in [0.05, 0.1) is 19.1 Å². The summed E-state index contributed by atoms with van der Waals surface area (Å²) in [5.74, 6) is -1.24. The minimum Gasteiger partial charge on any atom is -0.465 e. The number of likely N-dealkylation sites (tertiary alicyclic amines) is 1. The zero-order valence-corrected chi connectivity index (χ0v) is 11.8. The van der Waals surface area contributed by atoms with E-state index in [1.54, 1.807) is 20.8 Å². The molecule has 0 aromatic rings. The molecule has 0 aromatic heterocycles. The molecule has 0 saturated carbocycles. The van der Waals surface area contributed by atoms with Crippen molar-refractivity contribution >= 4 is 17.7 Å². The van der Waals surface area contributed by atoms with Gasteiger partial charge in [0.2, 0.25) is 5.91 Å². The van der Waals surface area contributed by atoms with Crippen LogP contribution in [-0.4, -0.2) is 48.8 Å². The summed E-state index contributed by atoms with van der Waals surface area (Å²) in [7, 11) is 0. The SMILES string of the molecule is CCOC(=O)C(C)(C)C(=O)CN1CCC(C(N)=O)C1. The average Bonchev–Trinajstić information content (AvgIpc) is 2.77. The van der Waals surface area contributed by atoms with E-state index in [1.165, 1.54) is 0 Å². The van der Waals surface area contributed by atoms with E-state index in [-0.39, 0.29) is 30.8 Å². The Morgan fingerprint density at radius 3 is 2.47 bits per heavy atom. The van der Waals surface area contributed by atoms with Gasteiger partial charge in [-0.2, -0.15) is 0 Å². The van der Waals surface area contributed by atoms with Gasteiger partial charge in [-0.05, 0) is 33.7 Å². The molecule has 6 heteroatoms. The third kappa shape index (κ3) is 3.76. The number of carbonyl (C=O) groups is 3. The maximum absolute atomic E-state index is 12.2. The van der Waals surface area contributed by atoms with Crippen LogP contribution in [0.1, 0.15) is 27.2 Å². The van der Waals surface area contributed by atoms with Crippen LogP contribution in [0.25, 0.3) is 0 Å². The molecular formula is C13H22N2O4. The maximum Gasteiger partial charge on any atom is 0.319 e. The van der Waals surface area contributed by atoms with Crippen LogP contribution in [0, 0.1) is 11.3 Å². The molecule has 1 amide bonds. The molecule has 1 fully saturated rings. The maximum atomic E-state index is 12.2. The second-order valence-corrected chi connectivity index (χ2v) is 5.39. The summed E-state index contributed by atoms with van der Waals surface area (Å²) in [6.45, 7) is 6.37. The molecule has 0 aromatic carbocycles. The quantitative estimate of drug-likeness (QED) is 0.540. The number of ketones is 1. The summed E-state index contributed by atoms with van der Waals surface area (Å²) >= 11 is 0. The molecular weight excluding hydrogens is 248 g/mol. The lowest BCUT2D eigenvalue weighted by molar-refractivity contribution is -0.158. The Kier molecular flexibility index (Phi) is 5.05. The number of rotatable bonds is 6. The highest BCUT2D eigenvalue weighted by molar-refractivity contribution is 6.03. The van der Waals surface area contributed by atoms with Crippen molar-refractivity contribution in [1.82, 2.24) is 4.90 Å². The van der Waals surface area contributed by atoms with Crippen LogP contribution in [0.4, 0.5) is 0 Å². The van der Waals surface area contributed by atoms with Crippen LogP contribution in [0.2, 0.25) is 0 Å². The number of primary amides is 1. The van der Waals surface area contributed by atoms with Gasteiger partial charge in [0.15, 0.2) is 5.78 Å². The number of hydrogen-bond donors (Lipinski definition) is 1. The van der Waals surface area contributed by atoms with Crippen molar-refractivity contribution in [2.75, 3.05) is 26.2 Å². The molecule has 1 aliphatic heterocycles. The lowest BCUT2D eigenvalue weighted by Gasteiger charge is -2.24. The highest BCUT2D eigenvalue weighted by Gasteiger charge is 2.39. The Morgan fingerprint density at radius 1 is 1.37 bits per heavy atom. The molecule has 1 rings (SSSR count). The number of carbonyl (C=O) groups excluding carboxylic acids is 3. The van der Waals surface area contributed by atoms with Crippen LogP contribution in [0.15, 0.2) is 0 Å². The van der Waals surface area contributed by atoms with Crippen molar-refractivity contribution in [1.29, 1.82) is 0 Å². The molecule has 0 radical (unpaired) electrons. The molecule has 1 atom stereocenters. The van der Waals surface area contributed by atoms with Gasteiger partial charge in [-0.15, -0.1) is 0 Å². The van der Waals surface area contributed by atoms with Crippen LogP contribution in [0.3, 0.4) is 0 Å². The van der Waals surface area contributed by atoms with E-state index in [9.17, 15) is 14.4 Å². The fourth-order valence-electron chi connectivity index (χ4n) is 2.03. The monoisotopic (exact) mass is 270 g/mol. The molecule has 1 saturated heterocycles. The van der Waals surface area contributed by atoms with Crippen molar-refractivity contribution in [3.63, 3.8) is 0 Å². The zero-order valence-electron chi connectivity index (χ0n) is 11.8. The highest BCUT2D eigenvalue weighted by Crippen LogP contribution is 2.22. The highest BCUT2D eigenvalue weighted by atomic mass is 16.5. The van der Waals surface area contributed by atoms with E-state index in [1.807, 2.05) is 4.90 Å². The minimum absolute atomic E-state index is 0.148. The van der Waals surface area contributed by atoms with Gasteiger partial charge in [-0.25, -0.2) is 0 Å². The fourth-order valence-corrected chi connectivity index (χ4v) is 2.03. The van der Waals surface area contributed by atoms with E-state index < -0.39 is 11.4 Å². The lowest BCUT2D eigenvalue weighted by atomic mass is 9.88. The summed E-state index contributed by atoms with van der Waals surface area (Å²) < 4.78 is 4.90. The third-order valence-electron chi connectivity index (χ3n) is 3.52. The lowest BCUT2D eigenvalue weighted by Crippen LogP contribution is -2.42. The van der Waals surface area contributed by atoms with Crippen molar-refractivity contribution < 1.29 is 19.1 Å². The van der Waals surface area contributed by atoms with Crippen molar-refractivity contribution in [2.45, 2.75) is 27.2 Å².